The van der Waals surface area contributed by atoms with Crippen molar-refractivity contribution in [3.63, 3.8) is 0 Å². The van der Waals surface area contributed by atoms with Gasteiger partial charge in [-0.05, 0) is 13.3 Å². The third kappa shape index (κ3) is 2.43. The standard InChI is InChI=1S/C8H17NO2/c1-3-7(10)4-9-5-8(2,11)6-9/h7,10-11H,3-6H2,1-2H3/t7-/m1/s1. The molecular formula is C8H17NO2. The topological polar surface area (TPSA) is 43.7 Å². The van der Waals surface area contributed by atoms with Crippen molar-refractivity contribution in [2.24, 2.45) is 0 Å². The van der Waals surface area contributed by atoms with Crippen molar-refractivity contribution in [1.29, 1.82) is 0 Å². The first-order chi connectivity index (χ1) is 5.03. The van der Waals surface area contributed by atoms with Crippen LogP contribution in [0.4, 0.5) is 0 Å². The molecule has 1 rings (SSSR count). The fourth-order valence-corrected chi connectivity index (χ4v) is 1.47. The van der Waals surface area contributed by atoms with Crippen LogP contribution in [0.2, 0.25) is 0 Å². The minimum Gasteiger partial charge on any atom is -0.392 e. The molecule has 11 heavy (non-hydrogen) atoms. The Morgan fingerprint density at radius 2 is 2.09 bits per heavy atom. The molecule has 1 aliphatic rings. The molecule has 1 aliphatic heterocycles. The fourth-order valence-electron chi connectivity index (χ4n) is 1.47. The Morgan fingerprint density at radius 3 is 2.45 bits per heavy atom. The maximum absolute atomic E-state index is 9.35. The van der Waals surface area contributed by atoms with Crippen LogP contribution < -0.4 is 0 Å². The SMILES string of the molecule is CC[C@@H](O)CN1CC(C)(O)C1. The number of hydrogen-bond donors (Lipinski definition) is 2. The molecule has 1 heterocycles. The largest absolute Gasteiger partial charge is 0.392 e. The van der Waals surface area contributed by atoms with Crippen molar-refractivity contribution in [2.75, 3.05) is 19.6 Å². The molecule has 1 atom stereocenters. The molecular weight excluding hydrogens is 142 g/mol. The molecule has 2 N–H and O–H groups in total. The zero-order chi connectivity index (χ0) is 8.48. The van der Waals surface area contributed by atoms with Crippen LogP contribution in [0.15, 0.2) is 0 Å². The molecule has 3 nitrogen and oxygen atoms in total. The van der Waals surface area contributed by atoms with Crippen LogP contribution in [-0.4, -0.2) is 46.5 Å². The third-order valence-corrected chi connectivity index (χ3v) is 2.07. The Bertz CT molecular complexity index is 128. The van der Waals surface area contributed by atoms with Gasteiger partial charge in [0.1, 0.15) is 0 Å². The molecule has 0 unspecified atom stereocenters. The van der Waals surface area contributed by atoms with E-state index in [9.17, 15) is 10.2 Å². The summed E-state index contributed by atoms with van der Waals surface area (Å²) < 4.78 is 0. The molecule has 0 aromatic carbocycles. The monoisotopic (exact) mass is 159 g/mol. The van der Waals surface area contributed by atoms with E-state index in [4.69, 9.17) is 0 Å². The van der Waals surface area contributed by atoms with Crippen molar-refractivity contribution in [3.8, 4) is 0 Å². The van der Waals surface area contributed by atoms with Crippen molar-refractivity contribution >= 4 is 0 Å². The Balaban J connectivity index is 2.13. The molecule has 0 radical (unpaired) electrons. The van der Waals surface area contributed by atoms with Gasteiger partial charge in [-0.25, -0.2) is 0 Å². The quantitative estimate of drug-likeness (QED) is 0.600. The van der Waals surface area contributed by atoms with Gasteiger partial charge in [-0.15, -0.1) is 0 Å². The van der Waals surface area contributed by atoms with Gasteiger partial charge in [0.05, 0.1) is 11.7 Å². The summed E-state index contributed by atoms with van der Waals surface area (Å²) >= 11 is 0. The zero-order valence-electron chi connectivity index (χ0n) is 7.25. The number of β-amino-alcohol motifs (C(OH)–C–C–N with tert-alkyl or cyclic N) is 2. The Kier molecular flexibility index (Phi) is 2.52. The van der Waals surface area contributed by atoms with Crippen LogP contribution in [0.3, 0.4) is 0 Å². The first kappa shape index (κ1) is 8.97. The number of likely N-dealkylation sites (tertiary alicyclic amines) is 1. The van der Waals surface area contributed by atoms with Crippen LogP contribution in [0.5, 0.6) is 0 Å². The normalized spacial score (nSPS) is 26.2. The highest BCUT2D eigenvalue weighted by atomic mass is 16.3. The smallest absolute Gasteiger partial charge is 0.0872 e. The van der Waals surface area contributed by atoms with Crippen LogP contribution in [0, 0.1) is 0 Å². The van der Waals surface area contributed by atoms with E-state index in [1.54, 1.807) is 0 Å². The molecule has 0 amide bonds. The van der Waals surface area contributed by atoms with Crippen molar-refractivity contribution < 1.29 is 10.2 Å². The molecule has 0 aromatic heterocycles. The summed E-state index contributed by atoms with van der Waals surface area (Å²) in [7, 11) is 0. The van der Waals surface area contributed by atoms with E-state index in [1.165, 1.54) is 0 Å². The fraction of sp³-hybridized carbons (Fsp3) is 1.00. The summed E-state index contributed by atoms with van der Waals surface area (Å²) in [5.41, 5.74) is -0.506. The molecule has 1 saturated heterocycles. The predicted molar refractivity (Wildman–Crippen MR) is 43.4 cm³/mol. The summed E-state index contributed by atoms with van der Waals surface area (Å²) in [6.45, 7) is 5.88. The van der Waals surface area contributed by atoms with E-state index in [2.05, 4.69) is 4.90 Å². The average Bonchev–Trinajstić information content (AvgIpc) is 1.83. The van der Waals surface area contributed by atoms with Gasteiger partial charge in [-0.2, -0.15) is 0 Å². The molecule has 3 heteroatoms. The molecule has 0 aromatic rings. The van der Waals surface area contributed by atoms with E-state index in [0.29, 0.717) is 19.6 Å². The predicted octanol–water partition coefficient (Wildman–Crippen LogP) is -0.176. The lowest BCUT2D eigenvalue weighted by Crippen LogP contribution is -2.61. The van der Waals surface area contributed by atoms with Crippen molar-refractivity contribution in [1.82, 2.24) is 4.90 Å². The highest BCUT2D eigenvalue weighted by Crippen LogP contribution is 2.19. The van der Waals surface area contributed by atoms with Crippen LogP contribution in [-0.2, 0) is 0 Å². The van der Waals surface area contributed by atoms with Crippen molar-refractivity contribution in [2.45, 2.75) is 32.0 Å². The minimum absolute atomic E-state index is 0.230. The second-order valence-electron chi connectivity index (χ2n) is 3.73. The van der Waals surface area contributed by atoms with Crippen LogP contribution in [0.1, 0.15) is 20.3 Å². The van der Waals surface area contributed by atoms with E-state index < -0.39 is 5.60 Å². The number of aliphatic hydroxyl groups excluding tert-OH is 1. The van der Waals surface area contributed by atoms with E-state index in [0.717, 1.165) is 6.42 Å². The first-order valence-corrected chi connectivity index (χ1v) is 4.16. The molecule has 1 fully saturated rings. The average molecular weight is 159 g/mol. The van der Waals surface area contributed by atoms with E-state index in [-0.39, 0.29) is 6.10 Å². The summed E-state index contributed by atoms with van der Waals surface area (Å²) in [4.78, 5) is 2.06. The lowest BCUT2D eigenvalue weighted by atomic mass is 9.96. The second-order valence-corrected chi connectivity index (χ2v) is 3.73. The first-order valence-electron chi connectivity index (χ1n) is 4.16. The molecule has 0 spiro atoms. The second kappa shape index (κ2) is 3.09. The van der Waals surface area contributed by atoms with E-state index >= 15 is 0 Å². The number of nitrogens with zero attached hydrogens (tertiary/aromatic N) is 1. The summed E-state index contributed by atoms with van der Waals surface area (Å²) in [5, 5.41) is 18.6. The minimum atomic E-state index is -0.506. The molecule has 66 valence electrons. The lowest BCUT2D eigenvalue weighted by Gasteiger charge is -2.44. The van der Waals surface area contributed by atoms with Gasteiger partial charge in [-0.3, -0.25) is 4.90 Å². The van der Waals surface area contributed by atoms with Gasteiger partial charge >= 0.3 is 0 Å². The Morgan fingerprint density at radius 1 is 1.55 bits per heavy atom. The lowest BCUT2D eigenvalue weighted by molar-refractivity contribution is -0.0952. The highest BCUT2D eigenvalue weighted by molar-refractivity contribution is 4.91. The summed E-state index contributed by atoms with van der Waals surface area (Å²) in [5.74, 6) is 0. The number of rotatable bonds is 3. The highest BCUT2D eigenvalue weighted by Gasteiger charge is 2.36. The van der Waals surface area contributed by atoms with Gasteiger partial charge in [0.25, 0.3) is 0 Å². The Labute approximate surface area is 67.6 Å². The maximum Gasteiger partial charge on any atom is 0.0872 e. The van der Waals surface area contributed by atoms with Gasteiger partial charge in [0, 0.05) is 19.6 Å². The van der Waals surface area contributed by atoms with Gasteiger partial charge in [-0.1, -0.05) is 6.92 Å². The van der Waals surface area contributed by atoms with Gasteiger partial charge in [0.15, 0.2) is 0 Å². The van der Waals surface area contributed by atoms with E-state index in [1.807, 2.05) is 13.8 Å². The van der Waals surface area contributed by atoms with Crippen molar-refractivity contribution in [3.05, 3.63) is 0 Å². The third-order valence-electron chi connectivity index (χ3n) is 2.07. The number of hydrogen-bond acceptors (Lipinski definition) is 3. The van der Waals surface area contributed by atoms with Gasteiger partial charge in [0.2, 0.25) is 0 Å². The van der Waals surface area contributed by atoms with Crippen LogP contribution in [0.25, 0.3) is 0 Å². The Hall–Kier alpha value is -0.120. The number of aliphatic hydroxyl groups is 2. The van der Waals surface area contributed by atoms with Crippen LogP contribution >= 0.6 is 0 Å². The van der Waals surface area contributed by atoms with Gasteiger partial charge < -0.3 is 10.2 Å². The zero-order valence-corrected chi connectivity index (χ0v) is 7.25. The maximum atomic E-state index is 9.35. The molecule has 0 saturated carbocycles. The molecule has 0 bridgehead atoms. The summed E-state index contributed by atoms with van der Waals surface area (Å²) in [6.07, 6.45) is 0.560. The summed E-state index contributed by atoms with van der Waals surface area (Å²) in [6, 6.07) is 0. The molecule has 0 aliphatic carbocycles.